The number of ether oxygens (including phenoxy) is 1. The molecule has 16 heavy (non-hydrogen) atoms. The summed E-state index contributed by atoms with van der Waals surface area (Å²) >= 11 is 12.0. The summed E-state index contributed by atoms with van der Waals surface area (Å²) in [6.07, 6.45) is 0. The van der Waals surface area contributed by atoms with E-state index < -0.39 is 5.54 Å². The molecule has 0 aliphatic heterocycles. The second kappa shape index (κ2) is 4.82. The van der Waals surface area contributed by atoms with Crippen molar-refractivity contribution < 1.29 is 4.74 Å². The molecule has 0 aromatic heterocycles. The zero-order valence-electron chi connectivity index (χ0n) is 9.27. The molecule has 0 spiro atoms. The maximum Gasteiger partial charge on any atom is 0.139 e. The van der Waals surface area contributed by atoms with E-state index in [-0.39, 0.29) is 0 Å². The second-order valence-electron chi connectivity index (χ2n) is 3.81. The highest BCUT2D eigenvalue weighted by molar-refractivity contribution is 6.44. The zero-order chi connectivity index (χ0) is 12.3. The van der Waals surface area contributed by atoms with E-state index in [1.807, 2.05) is 0 Å². The average Bonchev–Trinajstić information content (AvgIpc) is 2.25. The van der Waals surface area contributed by atoms with Gasteiger partial charge in [0.2, 0.25) is 0 Å². The molecule has 0 bridgehead atoms. The van der Waals surface area contributed by atoms with Gasteiger partial charge in [0.1, 0.15) is 16.3 Å². The monoisotopic (exact) mass is 258 g/mol. The van der Waals surface area contributed by atoms with Gasteiger partial charge in [-0.1, -0.05) is 23.2 Å². The van der Waals surface area contributed by atoms with Gasteiger partial charge in [0.25, 0.3) is 0 Å². The van der Waals surface area contributed by atoms with Gasteiger partial charge in [-0.2, -0.15) is 5.26 Å². The van der Waals surface area contributed by atoms with Crippen LogP contribution in [-0.4, -0.2) is 12.6 Å². The molecule has 0 amide bonds. The van der Waals surface area contributed by atoms with Gasteiger partial charge in [0.15, 0.2) is 0 Å². The number of rotatable bonds is 3. The third-order valence-corrected chi connectivity index (χ3v) is 2.86. The molecule has 1 N–H and O–H groups in total. The normalized spacial score (nSPS) is 10.8. The molecule has 0 aliphatic carbocycles. The van der Waals surface area contributed by atoms with Crippen LogP contribution in [0.4, 0.5) is 5.69 Å². The van der Waals surface area contributed by atoms with E-state index in [2.05, 4.69) is 11.4 Å². The Morgan fingerprint density at radius 3 is 2.44 bits per heavy atom. The van der Waals surface area contributed by atoms with E-state index in [0.717, 1.165) is 0 Å². The van der Waals surface area contributed by atoms with Crippen molar-refractivity contribution >= 4 is 28.9 Å². The SMILES string of the molecule is COc1ccc(NC(C)(C)C#N)c(Cl)c1Cl. The van der Waals surface area contributed by atoms with Crippen LogP contribution in [0.2, 0.25) is 10.0 Å². The highest BCUT2D eigenvalue weighted by atomic mass is 35.5. The molecule has 0 saturated carbocycles. The van der Waals surface area contributed by atoms with Crippen LogP contribution < -0.4 is 10.1 Å². The fourth-order valence-electron chi connectivity index (χ4n) is 1.15. The number of benzene rings is 1. The van der Waals surface area contributed by atoms with E-state index >= 15 is 0 Å². The first-order valence-corrected chi connectivity index (χ1v) is 5.38. The summed E-state index contributed by atoms with van der Waals surface area (Å²) in [4.78, 5) is 0. The molecular weight excluding hydrogens is 247 g/mol. The third kappa shape index (κ3) is 2.72. The summed E-state index contributed by atoms with van der Waals surface area (Å²) in [6.45, 7) is 3.50. The Labute approximate surface area is 105 Å². The van der Waals surface area contributed by atoms with Crippen molar-refractivity contribution in [2.45, 2.75) is 19.4 Å². The van der Waals surface area contributed by atoms with Crippen LogP contribution in [0.5, 0.6) is 5.75 Å². The topological polar surface area (TPSA) is 45.0 Å². The first-order chi connectivity index (χ1) is 7.41. The van der Waals surface area contributed by atoms with Gasteiger partial charge in [0, 0.05) is 0 Å². The summed E-state index contributed by atoms with van der Waals surface area (Å²) in [5, 5.41) is 12.6. The van der Waals surface area contributed by atoms with E-state index in [0.29, 0.717) is 21.5 Å². The van der Waals surface area contributed by atoms with Crippen LogP contribution in [0.15, 0.2) is 12.1 Å². The van der Waals surface area contributed by atoms with E-state index in [1.54, 1.807) is 26.0 Å². The number of halogens is 2. The number of nitrogens with one attached hydrogen (secondary N) is 1. The molecule has 0 aliphatic rings. The summed E-state index contributed by atoms with van der Waals surface area (Å²) in [5.74, 6) is 0.506. The Bertz CT molecular complexity index is 438. The lowest BCUT2D eigenvalue weighted by Gasteiger charge is -2.20. The number of methoxy groups -OCH3 is 1. The number of anilines is 1. The predicted molar refractivity (Wildman–Crippen MR) is 66.3 cm³/mol. The minimum Gasteiger partial charge on any atom is -0.495 e. The van der Waals surface area contributed by atoms with Gasteiger partial charge in [0.05, 0.1) is 23.9 Å². The Kier molecular flexibility index (Phi) is 3.90. The molecule has 5 heteroatoms. The molecule has 3 nitrogen and oxygen atoms in total. The molecule has 0 radical (unpaired) electrons. The lowest BCUT2D eigenvalue weighted by molar-refractivity contribution is 0.415. The second-order valence-corrected chi connectivity index (χ2v) is 4.56. The molecule has 86 valence electrons. The maximum absolute atomic E-state index is 8.90. The molecule has 0 heterocycles. The van der Waals surface area contributed by atoms with Gasteiger partial charge in [-0.3, -0.25) is 0 Å². The molecule has 1 aromatic rings. The first kappa shape index (κ1) is 13.0. The number of hydrogen-bond donors (Lipinski definition) is 1. The van der Waals surface area contributed by atoms with E-state index in [9.17, 15) is 0 Å². The fourth-order valence-corrected chi connectivity index (χ4v) is 1.60. The average molecular weight is 259 g/mol. The standard InChI is InChI=1S/C11H12Cl2N2O/c1-11(2,6-14)15-7-4-5-8(16-3)10(13)9(7)12/h4-5,15H,1-3H3. The highest BCUT2D eigenvalue weighted by Gasteiger charge is 2.19. The van der Waals surface area contributed by atoms with Crippen LogP contribution in [-0.2, 0) is 0 Å². The Hall–Kier alpha value is -1.11. The summed E-state index contributed by atoms with van der Waals surface area (Å²) < 4.78 is 5.03. The number of hydrogen-bond acceptors (Lipinski definition) is 3. The highest BCUT2D eigenvalue weighted by Crippen LogP contribution is 2.38. The summed E-state index contributed by atoms with van der Waals surface area (Å²) in [7, 11) is 1.52. The van der Waals surface area contributed by atoms with Crippen molar-refractivity contribution in [2.75, 3.05) is 12.4 Å². The van der Waals surface area contributed by atoms with Crippen LogP contribution in [0, 0.1) is 11.3 Å². The molecule has 1 aromatic carbocycles. The van der Waals surface area contributed by atoms with Gasteiger partial charge >= 0.3 is 0 Å². The lowest BCUT2D eigenvalue weighted by atomic mass is 10.1. The molecule has 0 unspecified atom stereocenters. The number of nitrogens with zero attached hydrogens (tertiary/aromatic N) is 1. The quantitative estimate of drug-likeness (QED) is 0.899. The van der Waals surface area contributed by atoms with E-state index in [4.69, 9.17) is 33.2 Å². The van der Waals surface area contributed by atoms with Crippen molar-refractivity contribution in [1.82, 2.24) is 0 Å². The van der Waals surface area contributed by atoms with Crippen molar-refractivity contribution in [3.63, 3.8) is 0 Å². The van der Waals surface area contributed by atoms with E-state index in [1.165, 1.54) is 7.11 Å². The van der Waals surface area contributed by atoms with Gasteiger partial charge in [-0.05, 0) is 26.0 Å². The van der Waals surface area contributed by atoms with Gasteiger partial charge < -0.3 is 10.1 Å². The van der Waals surface area contributed by atoms with Crippen molar-refractivity contribution in [3.8, 4) is 11.8 Å². The largest absolute Gasteiger partial charge is 0.495 e. The van der Waals surface area contributed by atoms with Crippen LogP contribution in [0.3, 0.4) is 0 Å². The fraction of sp³-hybridized carbons (Fsp3) is 0.364. The van der Waals surface area contributed by atoms with Crippen molar-refractivity contribution in [3.05, 3.63) is 22.2 Å². The smallest absolute Gasteiger partial charge is 0.139 e. The van der Waals surface area contributed by atoms with Crippen LogP contribution in [0.25, 0.3) is 0 Å². The Morgan fingerprint density at radius 1 is 1.31 bits per heavy atom. The van der Waals surface area contributed by atoms with Gasteiger partial charge in [-0.15, -0.1) is 0 Å². The molecular formula is C11H12Cl2N2O. The number of nitriles is 1. The minimum atomic E-state index is -0.707. The molecule has 0 fully saturated rings. The molecule has 0 saturated heterocycles. The Balaban J connectivity index is 3.10. The predicted octanol–water partition coefficient (Wildman–Crippen LogP) is 3.72. The lowest BCUT2D eigenvalue weighted by Crippen LogP contribution is -2.28. The third-order valence-electron chi connectivity index (χ3n) is 1.99. The maximum atomic E-state index is 8.90. The zero-order valence-corrected chi connectivity index (χ0v) is 10.8. The minimum absolute atomic E-state index is 0.336. The summed E-state index contributed by atoms with van der Waals surface area (Å²) in [5.41, 5.74) is -0.0966. The Morgan fingerprint density at radius 2 is 1.94 bits per heavy atom. The van der Waals surface area contributed by atoms with Crippen LogP contribution >= 0.6 is 23.2 Å². The molecule has 1 rings (SSSR count). The van der Waals surface area contributed by atoms with Crippen molar-refractivity contribution in [1.29, 1.82) is 5.26 Å². The van der Waals surface area contributed by atoms with Crippen molar-refractivity contribution in [2.24, 2.45) is 0 Å². The molecule has 0 atom stereocenters. The van der Waals surface area contributed by atoms with Crippen LogP contribution in [0.1, 0.15) is 13.8 Å². The van der Waals surface area contributed by atoms with Gasteiger partial charge in [-0.25, -0.2) is 0 Å². The first-order valence-electron chi connectivity index (χ1n) is 4.62. The summed E-state index contributed by atoms with van der Waals surface area (Å²) in [6, 6.07) is 5.55.